The Bertz CT molecular complexity index is 996. The molecule has 1 fully saturated rings. The molecule has 6 nitrogen and oxygen atoms in total. The van der Waals surface area contributed by atoms with Crippen LogP contribution in [0.1, 0.15) is 28.8 Å². The molecule has 4 rings (SSSR count). The highest BCUT2D eigenvalue weighted by molar-refractivity contribution is 6.08. The van der Waals surface area contributed by atoms with E-state index in [4.69, 9.17) is 0 Å². The number of nitrogens with one attached hydrogen (secondary N) is 3. The van der Waals surface area contributed by atoms with Crippen molar-refractivity contribution < 1.29 is 4.79 Å². The molecule has 6 heteroatoms. The van der Waals surface area contributed by atoms with E-state index < -0.39 is 0 Å². The summed E-state index contributed by atoms with van der Waals surface area (Å²) < 4.78 is 0. The van der Waals surface area contributed by atoms with Gasteiger partial charge in [0.05, 0.1) is 22.4 Å². The van der Waals surface area contributed by atoms with Crippen LogP contribution in [-0.2, 0) is 0 Å². The molecular formula is C19H20N4O2. The molecule has 2 aromatic carbocycles. The second-order valence-corrected chi connectivity index (χ2v) is 6.46. The van der Waals surface area contributed by atoms with Crippen LogP contribution in [-0.4, -0.2) is 29.0 Å². The van der Waals surface area contributed by atoms with Crippen LogP contribution in [0.4, 0.5) is 11.4 Å². The molecule has 1 amide bonds. The number of aromatic amines is 2. The summed E-state index contributed by atoms with van der Waals surface area (Å²) >= 11 is 0. The van der Waals surface area contributed by atoms with Gasteiger partial charge in [0.2, 0.25) is 0 Å². The summed E-state index contributed by atoms with van der Waals surface area (Å²) in [5, 5.41) is 3.03. The highest BCUT2D eigenvalue weighted by Crippen LogP contribution is 2.32. The van der Waals surface area contributed by atoms with Crippen LogP contribution in [0.25, 0.3) is 11.0 Å². The van der Waals surface area contributed by atoms with Gasteiger partial charge in [0.1, 0.15) is 0 Å². The van der Waals surface area contributed by atoms with Gasteiger partial charge in [0.15, 0.2) is 0 Å². The summed E-state index contributed by atoms with van der Waals surface area (Å²) in [6.07, 6.45) is 2.26. The van der Waals surface area contributed by atoms with Crippen molar-refractivity contribution in [3.05, 3.63) is 58.0 Å². The summed E-state index contributed by atoms with van der Waals surface area (Å²) in [4.78, 5) is 32.1. The molecular weight excluding hydrogens is 316 g/mol. The van der Waals surface area contributed by atoms with Crippen LogP contribution < -0.4 is 15.9 Å². The predicted molar refractivity (Wildman–Crippen MR) is 99.5 cm³/mol. The average molecular weight is 336 g/mol. The quantitative estimate of drug-likeness (QED) is 0.688. The molecule has 128 valence electrons. The lowest BCUT2D eigenvalue weighted by Crippen LogP contribution is -2.21. The minimum atomic E-state index is -0.246. The van der Waals surface area contributed by atoms with Crippen molar-refractivity contribution in [2.24, 2.45) is 0 Å². The number of hydrogen-bond donors (Lipinski definition) is 3. The number of amides is 1. The van der Waals surface area contributed by atoms with E-state index in [0.717, 1.165) is 48.4 Å². The molecule has 1 aliphatic rings. The van der Waals surface area contributed by atoms with Gasteiger partial charge in [-0.15, -0.1) is 0 Å². The number of hydrogen-bond acceptors (Lipinski definition) is 3. The van der Waals surface area contributed by atoms with Crippen molar-refractivity contribution >= 4 is 28.3 Å². The van der Waals surface area contributed by atoms with Gasteiger partial charge in [0.25, 0.3) is 5.91 Å². The molecule has 1 saturated heterocycles. The molecule has 0 atom stereocenters. The number of imidazole rings is 1. The Hall–Kier alpha value is -3.02. The van der Waals surface area contributed by atoms with Crippen LogP contribution in [0.5, 0.6) is 0 Å². The minimum absolute atomic E-state index is 0.143. The second-order valence-electron chi connectivity index (χ2n) is 6.46. The molecule has 0 unspecified atom stereocenters. The molecule has 1 aliphatic heterocycles. The Morgan fingerprint density at radius 2 is 1.76 bits per heavy atom. The molecule has 0 bridgehead atoms. The van der Waals surface area contributed by atoms with E-state index in [1.807, 2.05) is 43.3 Å². The van der Waals surface area contributed by atoms with Crippen molar-refractivity contribution in [3.63, 3.8) is 0 Å². The summed E-state index contributed by atoms with van der Waals surface area (Å²) in [6, 6.07) is 11.3. The van der Waals surface area contributed by atoms with E-state index in [2.05, 4.69) is 20.2 Å². The molecule has 3 aromatic rings. The van der Waals surface area contributed by atoms with E-state index in [1.54, 1.807) is 0 Å². The number of nitrogens with zero attached hydrogens (tertiary/aromatic N) is 1. The molecule has 0 radical (unpaired) electrons. The fourth-order valence-corrected chi connectivity index (χ4v) is 3.41. The van der Waals surface area contributed by atoms with Crippen molar-refractivity contribution in [1.29, 1.82) is 0 Å². The lowest BCUT2D eigenvalue weighted by atomic mass is 10.1. The number of carbonyl (C=O) groups excluding carboxylic acids is 1. The molecule has 3 N–H and O–H groups in total. The molecule has 25 heavy (non-hydrogen) atoms. The zero-order valence-corrected chi connectivity index (χ0v) is 14.1. The maximum absolute atomic E-state index is 12.7. The highest BCUT2D eigenvalue weighted by atomic mass is 16.2. The van der Waals surface area contributed by atoms with Crippen molar-refractivity contribution in [2.45, 2.75) is 19.8 Å². The van der Waals surface area contributed by atoms with Gasteiger partial charge in [-0.25, -0.2) is 4.79 Å². The normalized spacial score (nSPS) is 14.2. The van der Waals surface area contributed by atoms with Crippen LogP contribution in [0, 0.1) is 6.92 Å². The van der Waals surface area contributed by atoms with Gasteiger partial charge in [-0.2, -0.15) is 0 Å². The van der Waals surface area contributed by atoms with Gasteiger partial charge >= 0.3 is 5.69 Å². The van der Waals surface area contributed by atoms with Crippen LogP contribution in [0.3, 0.4) is 0 Å². The Morgan fingerprint density at radius 3 is 2.48 bits per heavy atom. The number of H-pyrrole nitrogens is 2. The molecule has 0 aliphatic carbocycles. The van der Waals surface area contributed by atoms with E-state index in [9.17, 15) is 9.59 Å². The Kier molecular flexibility index (Phi) is 3.80. The highest BCUT2D eigenvalue weighted by Gasteiger charge is 2.19. The van der Waals surface area contributed by atoms with Crippen molar-refractivity contribution in [2.75, 3.05) is 23.3 Å². The molecule has 0 spiro atoms. The zero-order chi connectivity index (χ0) is 17.4. The van der Waals surface area contributed by atoms with Crippen LogP contribution in [0.2, 0.25) is 0 Å². The van der Waals surface area contributed by atoms with Gasteiger partial charge in [-0.1, -0.05) is 18.2 Å². The number of anilines is 2. The summed E-state index contributed by atoms with van der Waals surface area (Å²) in [5.41, 5.74) is 4.44. The Balaban J connectivity index is 1.76. The third-order valence-corrected chi connectivity index (χ3v) is 4.72. The fourth-order valence-electron chi connectivity index (χ4n) is 3.41. The Morgan fingerprint density at radius 1 is 1.08 bits per heavy atom. The van der Waals surface area contributed by atoms with Gasteiger partial charge in [-0.3, -0.25) is 4.79 Å². The average Bonchev–Trinajstić information content (AvgIpc) is 3.22. The van der Waals surface area contributed by atoms with Crippen LogP contribution in [0.15, 0.2) is 41.2 Å². The van der Waals surface area contributed by atoms with E-state index in [1.165, 1.54) is 0 Å². The maximum Gasteiger partial charge on any atom is 0.323 e. The number of aryl methyl sites for hydroxylation is 1. The number of carbonyl (C=O) groups is 1. The first-order chi connectivity index (χ1) is 12.1. The van der Waals surface area contributed by atoms with Gasteiger partial charge < -0.3 is 20.2 Å². The molecule has 1 aromatic heterocycles. The topological polar surface area (TPSA) is 81.0 Å². The largest absolute Gasteiger partial charge is 0.370 e. The van der Waals surface area contributed by atoms with Gasteiger partial charge in [-0.05, 0) is 43.5 Å². The lowest BCUT2D eigenvalue weighted by molar-refractivity contribution is 0.102. The first-order valence-electron chi connectivity index (χ1n) is 8.50. The first kappa shape index (κ1) is 15.5. The SMILES string of the molecule is Cc1ccccc1C(=O)Nc1cc2[nH]c(=O)[nH]c2cc1N1CCCC1. The smallest absolute Gasteiger partial charge is 0.323 e. The summed E-state index contributed by atoms with van der Waals surface area (Å²) in [6.45, 7) is 3.82. The van der Waals surface area contributed by atoms with Crippen LogP contribution >= 0.6 is 0 Å². The van der Waals surface area contributed by atoms with E-state index in [-0.39, 0.29) is 11.6 Å². The molecule has 2 heterocycles. The number of fused-ring (bicyclic) bond motifs is 1. The summed E-state index contributed by atoms with van der Waals surface area (Å²) in [7, 11) is 0. The van der Waals surface area contributed by atoms with E-state index >= 15 is 0 Å². The zero-order valence-electron chi connectivity index (χ0n) is 14.1. The third-order valence-electron chi connectivity index (χ3n) is 4.72. The van der Waals surface area contributed by atoms with Gasteiger partial charge in [0, 0.05) is 18.7 Å². The number of aromatic nitrogens is 2. The first-order valence-corrected chi connectivity index (χ1v) is 8.50. The predicted octanol–water partition coefficient (Wildman–Crippen LogP) is 3.02. The third kappa shape index (κ3) is 2.91. The lowest BCUT2D eigenvalue weighted by Gasteiger charge is -2.22. The second kappa shape index (κ2) is 6.12. The standard InChI is InChI=1S/C19H20N4O2/c1-12-6-2-3-7-13(12)18(24)20-16-10-14-15(22-19(25)21-14)11-17(16)23-8-4-5-9-23/h2-3,6-7,10-11H,4-5,8-9H2,1H3,(H,20,24)(H2,21,22,25). The van der Waals surface area contributed by atoms with E-state index in [0.29, 0.717) is 11.1 Å². The molecule has 0 saturated carbocycles. The monoisotopic (exact) mass is 336 g/mol. The van der Waals surface area contributed by atoms with Crippen molar-refractivity contribution in [3.8, 4) is 0 Å². The maximum atomic E-state index is 12.7. The number of benzene rings is 2. The Labute approximate surface area is 144 Å². The number of rotatable bonds is 3. The summed E-state index contributed by atoms with van der Waals surface area (Å²) in [5.74, 6) is -0.143. The fraction of sp³-hybridized carbons (Fsp3) is 0.263. The minimum Gasteiger partial charge on any atom is -0.370 e. The van der Waals surface area contributed by atoms with Crippen molar-refractivity contribution in [1.82, 2.24) is 9.97 Å².